The van der Waals surface area contributed by atoms with Crippen molar-refractivity contribution in [1.29, 1.82) is 0 Å². The van der Waals surface area contributed by atoms with Crippen LogP contribution >= 0.6 is 11.3 Å². The molecule has 0 bridgehead atoms. The smallest absolute Gasteiger partial charge is 0.251 e. The third kappa shape index (κ3) is 4.65. The Labute approximate surface area is 162 Å². The number of ether oxygens (including phenoxy) is 1. The molecule has 2 heterocycles. The first-order valence-corrected chi connectivity index (χ1v) is 9.51. The van der Waals surface area contributed by atoms with Gasteiger partial charge in [0, 0.05) is 56.1 Å². The van der Waals surface area contributed by atoms with Crippen molar-refractivity contribution in [3.05, 3.63) is 47.9 Å². The maximum Gasteiger partial charge on any atom is 0.251 e. The van der Waals surface area contributed by atoms with Crippen LogP contribution in [0.2, 0.25) is 0 Å². The van der Waals surface area contributed by atoms with Crippen molar-refractivity contribution in [3.8, 4) is 17.0 Å². The van der Waals surface area contributed by atoms with Gasteiger partial charge in [0.25, 0.3) is 5.91 Å². The Bertz CT molecular complexity index is 889. The third-order valence-corrected chi connectivity index (χ3v) is 5.06. The van der Waals surface area contributed by atoms with Gasteiger partial charge < -0.3 is 19.5 Å². The number of benzene rings is 1. The molecule has 0 atom stereocenters. The first-order chi connectivity index (χ1) is 13.1. The molecule has 3 aromatic rings. The number of methoxy groups -OCH3 is 1. The summed E-state index contributed by atoms with van der Waals surface area (Å²) in [5.74, 6) is 0.592. The average molecular weight is 385 g/mol. The lowest BCUT2D eigenvalue weighted by Gasteiger charge is -2.10. The van der Waals surface area contributed by atoms with Crippen LogP contribution in [0, 0.1) is 0 Å². The maximum atomic E-state index is 12.5. The number of hydrogen-bond donors (Lipinski definition) is 1. The SMILES string of the molecule is COc1ccc(C(=O)NCCCn2ccnc2)cc1-c1csc(N(C)C)n1. The predicted molar refractivity (Wildman–Crippen MR) is 108 cm³/mol. The lowest BCUT2D eigenvalue weighted by atomic mass is 10.1. The first kappa shape index (κ1) is 18.9. The van der Waals surface area contributed by atoms with E-state index in [-0.39, 0.29) is 5.91 Å². The number of hydrogen-bond acceptors (Lipinski definition) is 6. The van der Waals surface area contributed by atoms with Crippen LogP contribution < -0.4 is 15.0 Å². The minimum absolute atomic E-state index is 0.104. The molecule has 0 unspecified atom stereocenters. The van der Waals surface area contributed by atoms with E-state index in [1.54, 1.807) is 37.0 Å². The van der Waals surface area contributed by atoms with Crippen molar-refractivity contribution in [2.75, 3.05) is 32.6 Å². The Morgan fingerprint density at radius 2 is 2.22 bits per heavy atom. The Morgan fingerprint density at radius 1 is 1.37 bits per heavy atom. The van der Waals surface area contributed by atoms with E-state index in [4.69, 9.17) is 4.74 Å². The average Bonchev–Trinajstić information content (AvgIpc) is 3.36. The molecule has 0 aliphatic heterocycles. The molecule has 1 N–H and O–H groups in total. The highest BCUT2D eigenvalue weighted by molar-refractivity contribution is 7.14. The summed E-state index contributed by atoms with van der Waals surface area (Å²) in [4.78, 5) is 23.1. The van der Waals surface area contributed by atoms with Gasteiger partial charge in [0.15, 0.2) is 5.13 Å². The monoisotopic (exact) mass is 385 g/mol. The van der Waals surface area contributed by atoms with Gasteiger partial charge in [0.1, 0.15) is 5.75 Å². The van der Waals surface area contributed by atoms with E-state index in [0.29, 0.717) is 17.9 Å². The number of thiazole rings is 1. The minimum atomic E-state index is -0.104. The zero-order chi connectivity index (χ0) is 19.2. The number of nitrogens with one attached hydrogen (secondary N) is 1. The van der Waals surface area contributed by atoms with Gasteiger partial charge >= 0.3 is 0 Å². The number of amides is 1. The van der Waals surface area contributed by atoms with Gasteiger partial charge in [-0.1, -0.05) is 0 Å². The third-order valence-electron chi connectivity index (χ3n) is 4.05. The number of nitrogens with zero attached hydrogens (tertiary/aromatic N) is 4. The summed E-state index contributed by atoms with van der Waals surface area (Å²) in [7, 11) is 5.52. The molecule has 1 aromatic carbocycles. The highest BCUT2D eigenvalue weighted by Crippen LogP contribution is 2.33. The highest BCUT2D eigenvalue weighted by Gasteiger charge is 2.14. The van der Waals surface area contributed by atoms with E-state index in [1.807, 2.05) is 47.3 Å². The van der Waals surface area contributed by atoms with Gasteiger partial charge in [-0.3, -0.25) is 4.79 Å². The zero-order valence-electron chi connectivity index (χ0n) is 15.7. The van der Waals surface area contributed by atoms with Gasteiger partial charge in [0.05, 0.1) is 19.1 Å². The number of anilines is 1. The van der Waals surface area contributed by atoms with Crippen molar-refractivity contribution in [2.24, 2.45) is 0 Å². The number of rotatable bonds is 8. The van der Waals surface area contributed by atoms with Crippen molar-refractivity contribution in [2.45, 2.75) is 13.0 Å². The largest absolute Gasteiger partial charge is 0.496 e. The zero-order valence-corrected chi connectivity index (χ0v) is 16.5. The van der Waals surface area contributed by atoms with Crippen LogP contribution in [-0.2, 0) is 6.54 Å². The van der Waals surface area contributed by atoms with Crippen LogP contribution in [0.3, 0.4) is 0 Å². The first-order valence-electron chi connectivity index (χ1n) is 8.63. The second-order valence-corrected chi connectivity index (χ2v) is 7.07. The predicted octanol–water partition coefficient (Wildman–Crippen LogP) is 2.90. The molecular formula is C19H23N5O2S. The van der Waals surface area contributed by atoms with E-state index in [1.165, 1.54) is 0 Å². The molecule has 27 heavy (non-hydrogen) atoms. The molecule has 0 radical (unpaired) electrons. The van der Waals surface area contributed by atoms with Crippen LogP contribution in [-0.4, -0.2) is 48.2 Å². The summed E-state index contributed by atoms with van der Waals surface area (Å²) < 4.78 is 7.44. The number of imidazole rings is 1. The van der Waals surface area contributed by atoms with Crippen molar-refractivity contribution in [1.82, 2.24) is 19.9 Å². The van der Waals surface area contributed by atoms with Crippen molar-refractivity contribution < 1.29 is 9.53 Å². The second-order valence-electron chi connectivity index (χ2n) is 6.23. The summed E-state index contributed by atoms with van der Waals surface area (Å²) >= 11 is 1.55. The summed E-state index contributed by atoms with van der Waals surface area (Å²) in [6, 6.07) is 5.41. The Hall–Kier alpha value is -2.87. The van der Waals surface area contributed by atoms with Crippen LogP contribution in [0.25, 0.3) is 11.3 Å². The molecule has 7 nitrogen and oxygen atoms in total. The number of aromatic nitrogens is 3. The molecule has 0 aliphatic carbocycles. The fraction of sp³-hybridized carbons (Fsp3) is 0.316. The Kier molecular flexibility index (Phi) is 6.08. The standard InChI is InChI=1S/C19H23N5O2S/c1-23(2)19-22-16(12-27-19)15-11-14(5-6-17(15)26-3)18(25)21-7-4-9-24-10-8-20-13-24/h5-6,8,10-13H,4,7,9H2,1-3H3,(H,21,25). The molecule has 8 heteroatoms. The fourth-order valence-corrected chi connectivity index (χ4v) is 3.39. The highest BCUT2D eigenvalue weighted by atomic mass is 32.1. The quantitative estimate of drug-likeness (QED) is 0.604. The van der Waals surface area contributed by atoms with E-state index in [2.05, 4.69) is 15.3 Å². The Morgan fingerprint density at radius 3 is 2.89 bits per heavy atom. The van der Waals surface area contributed by atoms with E-state index in [9.17, 15) is 4.79 Å². The van der Waals surface area contributed by atoms with Crippen LogP contribution in [0.1, 0.15) is 16.8 Å². The maximum absolute atomic E-state index is 12.5. The summed E-state index contributed by atoms with van der Waals surface area (Å²) in [5.41, 5.74) is 2.20. The number of carbonyl (C=O) groups excluding carboxylic acids is 1. The second kappa shape index (κ2) is 8.68. The molecule has 0 aliphatic rings. The molecular weight excluding hydrogens is 362 g/mol. The van der Waals surface area contributed by atoms with Gasteiger partial charge in [0.2, 0.25) is 0 Å². The molecule has 3 rings (SSSR count). The molecule has 0 saturated heterocycles. The summed E-state index contributed by atoms with van der Waals surface area (Å²) in [5, 5.41) is 5.84. The van der Waals surface area contributed by atoms with Gasteiger partial charge in [-0.2, -0.15) is 0 Å². The van der Waals surface area contributed by atoms with Crippen LogP contribution in [0.15, 0.2) is 42.3 Å². The lowest BCUT2D eigenvalue weighted by Crippen LogP contribution is -2.25. The van der Waals surface area contributed by atoms with E-state index in [0.717, 1.165) is 29.4 Å². The van der Waals surface area contributed by atoms with Gasteiger partial charge in [-0.05, 0) is 24.6 Å². The molecule has 1 amide bonds. The van der Waals surface area contributed by atoms with Gasteiger partial charge in [-0.25, -0.2) is 9.97 Å². The van der Waals surface area contributed by atoms with Gasteiger partial charge in [-0.15, -0.1) is 11.3 Å². The Balaban J connectivity index is 1.68. The molecule has 2 aromatic heterocycles. The number of carbonyl (C=O) groups is 1. The minimum Gasteiger partial charge on any atom is -0.496 e. The van der Waals surface area contributed by atoms with E-state index < -0.39 is 0 Å². The number of aryl methyl sites for hydroxylation is 1. The van der Waals surface area contributed by atoms with Crippen molar-refractivity contribution >= 4 is 22.4 Å². The summed E-state index contributed by atoms with van der Waals surface area (Å²) in [6.07, 6.45) is 6.27. The molecule has 0 fully saturated rings. The lowest BCUT2D eigenvalue weighted by molar-refractivity contribution is 0.0952. The molecule has 0 spiro atoms. The molecule has 0 saturated carbocycles. The summed E-state index contributed by atoms with van der Waals surface area (Å²) in [6.45, 7) is 1.42. The topological polar surface area (TPSA) is 72.3 Å². The van der Waals surface area contributed by atoms with E-state index >= 15 is 0 Å². The van der Waals surface area contributed by atoms with Crippen molar-refractivity contribution in [3.63, 3.8) is 0 Å². The fourth-order valence-electron chi connectivity index (χ4n) is 2.63. The molecule has 142 valence electrons. The normalized spacial score (nSPS) is 10.6. The van der Waals surface area contributed by atoms with Crippen LogP contribution in [0.4, 0.5) is 5.13 Å². The van der Waals surface area contributed by atoms with Crippen LogP contribution in [0.5, 0.6) is 5.75 Å².